The summed E-state index contributed by atoms with van der Waals surface area (Å²) in [5, 5.41) is 11.3. The summed E-state index contributed by atoms with van der Waals surface area (Å²) in [5.41, 5.74) is 10.9. The molecule has 0 aromatic heterocycles. The SMILES string of the molecule is NCCS(=O)(=O)c1cccc(/C(N)=N/O)c1. The first-order valence-corrected chi connectivity index (χ1v) is 6.17. The molecule has 0 unspecified atom stereocenters. The van der Waals surface area contributed by atoms with E-state index in [9.17, 15) is 8.42 Å². The van der Waals surface area contributed by atoms with Gasteiger partial charge in [0.2, 0.25) is 0 Å². The maximum Gasteiger partial charge on any atom is 0.179 e. The van der Waals surface area contributed by atoms with Crippen molar-refractivity contribution in [2.24, 2.45) is 16.6 Å². The summed E-state index contributed by atoms with van der Waals surface area (Å²) in [6, 6.07) is 5.87. The Hall–Kier alpha value is -1.60. The van der Waals surface area contributed by atoms with Crippen LogP contribution in [-0.4, -0.2) is 31.8 Å². The minimum absolute atomic E-state index is 0.0517. The number of hydrogen-bond acceptors (Lipinski definition) is 5. The zero-order valence-electron chi connectivity index (χ0n) is 8.50. The lowest BCUT2D eigenvalue weighted by Crippen LogP contribution is -2.17. The van der Waals surface area contributed by atoms with Crippen molar-refractivity contribution in [2.75, 3.05) is 12.3 Å². The molecule has 0 aliphatic rings. The van der Waals surface area contributed by atoms with Gasteiger partial charge < -0.3 is 16.7 Å². The first-order valence-electron chi connectivity index (χ1n) is 4.52. The molecule has 0 heterocycles. The van der Waals surface area contributed by atoms with E-state index in [2.05, 4.69) is 5.16 Å². The molecule has 7 heteroatoms. The highest BCUT2D eigenvalue weighted by atomic mass is 32.2. The zero-order valence-corrected chi connectivity index (χ0v) is 9.31. The molecule has 0 bridgehead atoms. The van der Waals surface area contributed by atoms with Crippen LogP contribution < -0.4 is 11.5 Å². The largest absolute Gasteiger partial charge is 0.409 e. The van der Waals surface area contributed by atoms with Gasteiger partial charge in [-0.25, -0.2) is 8.42 Å². The van der Waals surface area contributed by atoms with Crippen LogP contribution in [0, 0.1) is 0 Å². The molecule has 0 amide bonds. The predicted molar refractivity (Wildman–Crippen MR) is 60.1 cm³/mol. The van der Waals surface area contributed by atoms with Gasteiger partial charge in [0, 0.05) is 12.1 Å². The van der Waals surface area contributed by atoms with Gasteiger partial charge in [-0.1, -0.05) is 17.3 Å². The summed E-state index contributed by atoms with van der Waals surface area (Å²) >= 11 is 0. The first kappa shape index (κ1) is 12.5. The van der Waals surface area contributed by atoms with Crippen molar-refractivity contribution in [1.82, 2.24) is 0 Å². The molecule has 6 nitrogen and oxygen atoms in total. The van der Waals surface area contributed by atoms with Gasteiger partial charge in [0.15, 0.2) is 15.7 Å². The highest BCUT2D eigenvalue weighted by molar-refractivity contribution is 7.91. The Morgan fingerprint density at radius 2 is 2.12 bits per heavy atom. The Kier molecular flexibility index (Phi) is 3.86. The average molecular weight is 243 g/mol. The van der Waals surface area contributed by atoms with Crippen LogP contribution in [0.1, 0.15) is 5.56 Å². The summed E-state index contributed by atoms with van der Waals surface area (Å²) in [5.74, 6) is -0.267. The topological polar surface area (TPSA) is 119 Å². The molecule has 0 radical (unpaired) electrons. The molecular formula is C9H13N3O3S. The Labute approximate surface area is 93.5 Å². The van der Waals surface area contributed by atoms with Gasteiger partial charge in [0.05, 0.1) is 10.6 Å². The van der Waals surface area contributed by atoms with E-state index in [1.54, 1.807) is 6.07 Å². The van der Waals surface area contributed by atoms with Gasteiger partial charge in [-0.05, 0) is 12.1 Å². The number of amidine groups is 1. The number of rotatable bonds is 4. The molecule has 0 fully saturated rings. The molecule has 0 aliphatic carbocycles. The molecule has 5 N–H and O–H groups in total. The van der Waals surface area contributed by atoms with Gasteiger partial charge in [0.25, 0.3) is 0 Å². The number of sulfone groups is 1. The van der Waals surface area contributed by atoms with E-state index in [0.29, 0.717) is 5.56 Å². The fraction of sp³-hybridized carbons (Fsp3) is 0.222. The lowest BCUT2D eigenvalue weighted by molar-refractivity contribution is 0.318. The molecule has 0 saturated carbocycles. The second-order valence-electron chi connectivity index (χ2n) is 3.12. The standard InChI is InChI=1S/C9H13N3O3S/c10-4-5-16(14,15)8-3-1-2-7(6-8)9(11)12-13/h1-3,6,13H,4-5,10H2,(H2,11,12). The third-order valence-corrected chi connectivity index (χ3v) is 3.73. The summed E-state index contributed by atoms with van der Waals surface area (Å²) in [6.45, 7) is 0.0517. The molecule has 0 atom stereocenters. The van der Waals surface area contributed by atoms with Crippen LogP contribution in [0.4, 0.5) is 0 Å². The molecule has 0 spiro atoms. The molecule has 0 aliphatic heterocycles. The molecular weight excluding hydrogens is 230 g/mol. The summed E-state index contributed by atoms with van der Waals surface area (Å²) < 4.78 is 23.3. The number of hydrogen-bond donors (Lipinski definition) is 3. The van der Waals surface area contributed by atoms with Crippen LogP contribution in [-0.2, 0) is 9.84 Å². The van der Waals surface area contributed by atoms with Crippen molar-refractivity contribution < 1.29 is 13.6 Å². The lowest BCUT2D eigenvalue weighted by atomic mass is 10.2. The fourth-order valence-electron chi connectivity index (χ4n) is 1.18. The average Bonchev–Trinajstić information content (AvgIpc) is 2.28. The van der Waals surface area contributed by atoms with Crippen molar-refractivity contribution >= 4 is 15.7 Å². The molecule has 16 heavy (non-hydrogen) atoms. The lowest BCUT2D eigenvalue weighted by Gasteiger charge is -2.04. The van der Waals surface area contributed by atoms with Crippen LogP contribution in [0.15, 0.2) is 34.3 Å². The minimum atomic E-state index is -3.39. The predicted octanol–water partition coefficient (Wildman–Crippen LogP) is -0.486. The van der Waals surface area contributed by atoms with Gasteiger partial charge in [-0.2, -0.15) is 0 Å². The van der Waals surface area contributed by atoms with Crippen LogP contribution in [0.2, 0.25) is 0 Å². The summed E-state index contributed by atoms with van der Waals surface area (Å²) in [4.78, 5) is 0.113. The smallest absolute Gasteiger partial charge is 0.179 e. The fourth-order valence-corrected chi connectivity index (χ4v) is 2.32. The van der Waals surface area contributed by atoms with Crippen LogP contribution in [0.25, 0.3) is 0 Å². The quantitative estimate of drug-likeness (QED) is 0.285. The summed E-state index contributed by atoms with van der Waals surface area (Å²) in [7, 11) is -3.39. The Morgan fingerprint density at radius 1 is 1.44 bits per heavy atom. The van der Waals surface area contributed by atoms with E-state index < -0.39 is 9.84 Å². The third-order valence-electron chi connectivity index (χ3n) is 1.98. The van der Waals surface area contributed by atoms with Crippen molar-refractivity contribution in [3.8, 4) is 0 Å². The van der Waals surface area contributed by atoms with E-state index in [0.717, 1.165) is 0 Å². The van der Waals surface area contributed by atoms with Crippen molar-refractivity contribution in [1.29, 1.82) is 0 Å². The van der Waals surface area contributed by atoms with Crippen molar-refractivity contribution in [3.05, 3.63) is 29.8 Å². The van der Waals surface area contributed by atoms with Crippen molar-refractivity contribution in [3.63, 3.8) is 0 Å². The highest BCUT2D eigenvalue weighted by Gasteiger charge is 2.14. The maximum atomic E-state index is 11.7. The monoisotopic (exact) mass is 243 g/mol. The minimum Gasteiger partial charge on any atom is -0.409 e. The number of oxime groups is 1. The van der Waals surface area contributed by atoms with Crippen LogP contribution in [0.5, 0.6) is 0 Å². The Morgan fingerprint density at radius 3 is 2.69 bits per heavy atom. The second-order valence-corrected chi connectivity index (χ2v) is 5.23. The molecule has 1 rings (SSSR count). The highest BCUT2D eigenvalue weighted by Crippen LogP contribution is 2.12. The van der Waals surface area contributed by atoms with Gasteiger partial charge in [-0.3, -0.25) is 0 Å². The van der Waals surface area contributed by atoms with E-state index in [-0.39, 0.29) is 23.0 Å². The van der Waals surface area contributed by atoms with E-state index in [4.69, 9.17) is 16.7 Å². The van der Waals surface area contributed by atoms with E-state index >= 15 is 0 Å². The van der Waals surface area contributed by atoms with Crippen LogP contribution >= 0.6 is 0 Å². The van der Waals surface area contributed by atoms with Crippen molar-refractivity contribution in [2.45, 2.75) is 4.90 Å². The van der Waals surface area contributed by atoms with Gasteiger partial charge >= 0.3 is 0 Å². The van der Waals surface area contributed by atoms with Gasteiger partial charge in [-0.15, -0.1) is 0 Å². The van der Waals surface area contributed by atoms with Crippen LogP contribution in [0.3, 0.4) is 0 Å². The van der Waals surface area contributed by atoms with E-state index in [1.165, 1.54) is 18.2 Å². The normalized spacial score (nSPS) is 12.7. The molecule has 1 aromatic rings. The Bertz CT molecular complexity index is 496. The molecule has 0 saturated heterocycles. The second kappa shape index (κ2) is 4.95. The molecule has 88 valence electrons. The summed E-state index contributed by atoms with van der Waals surface area (Å²) in [6.07, 6.45) is 0. The number of nitrogens with two attached hydrogens (primary N) is 2. The number of nitrogens with zero attached hydrogens (tertiary/aromatic N) is 1. The third kappa shape index (κ3) is 2.71. The Balaban J connectivity index is 3.18. The first-order chi connectivity index (χ1) is 7.51. The zero-order chi connectivity index (χ0) is 12.2. The van der Waals surface area contributed by atoms with E-state index in [1.807, 2.05) is 0 Å². The van der Waals surface area contributed by atoms with Gasteiger partial charge in [0.1, 0.15) is 0 Å². The molecule has 1 aromatic carbocycles. The maximum absolute atomic E-state index is 11.7. The number of benzene rings is 1.